The SMILES string of the molecule is N/C(=N\c1nc2ccccc2o1)NC(=O)COc1ccc(Cl)cc1. The Bertz CT molecular complexity index is 857. The van der Waals surface area contributed by atoms with Gasteiger partial charge in [-0.25, -0.2) is 0 Å². The lowest BCUT2D eigenvalue weighted by Gasteiger charge is -2.06. The molecule has 0 bridgehead atoms. The van der Waals surface area contributed by atoms with Crippen molar-refractivity contribution in [2.45, 2.75) is 0 Å². The number of hydrogen-bond acceptors (Lipinski definition) is 5. The highest BCUT2D eigenvalue weighted by atomic mass is 35.5. The van der Waals surface area contributed by atoms with Crippen LogP contribution in [0.3, 0.4) is 0 Å². The van der Waals surface area contributed by atoms with Crippen molar-refractivity contribution in [3.63, 3.8) is 0 Å². The minimum Gasteiger partial charge on any atom is -0.484 e. The van der Waals surface area contributed by atoms with E-state index in [9.17, 15) is 4.79 Å². The zero-order valence-corrected chi connectivity index (χ0v) is 13.2. The number of carbonyl (C=O) groups is 1. The first-order valence-electron chi connectivity index (χ1n) is 6.98. The van der Waals surface area contributed by atoms with Crippen LogP contribution in [0.4, 0.5) is 6.01 Å². The van der Waals surface area contributed by atoms with E-state index in [2.05, 4.69) is 15.3 Å². The van der Waals surface area contributed by atoms with Crippen molar-refractivity contribution >= 4 is 40.6 Å². The molecular formula is C16H13ClN4O3. The van der Waals surface area contributed by atoms with Crippen molar-refractivity contribution in [3.8, 4) is 5.75 Å². The summed E-state index contributed by atoms with van der Waals surface area (Å²) in [6, 6.07) is 13.9. The third-order valence-corrected chi connectivity index (χ3v) is 3.20. The molecule has 0 radical (unpaired) electrons. The molecule has 1 heterocycles. The first-order valence-corrected chi connectivity index (χ1v) is 7.36. The van der Waals surface area contributed by atoms with Gasteiger partial charge in [0, 0.05) is 5.02 Å². The normalized spacial score (nSPS) is 11.5. The highest BCUT2D eigenvalue weighted by Gasteiger charge is 2.08. The van der Waals surface area contributed by atoms with E-state index < -0.39 is 5.91 Å². The lowest BCUT2D eigenvalue weighted by Crippen LogP contribution is -2.39. The molecule has 1 amide bonds. The monoisotopic (exact) mass is 344 g/mol. The summed E-state index contributed by atoms with van der Waals surface area (Å²) >= 11 is 5.77. The molecule has 0 aliphatic rings. The molecule has 8 heteroatoms. The second-order valence-corrected chi connectivity index (χ2v) is 5.19. The molecule has 24 heavy (non-hydrogen) atoms. The van der Waals surface area contributed by atoms with Gasteiger partial charge in [-0.15, -0.1) is 0 Å². The summed E-state index contributed by atoms with van der Waals surface area (Å²) in [6.45, 7) is -0.217. The quantitative estimate of drug-likeness (QED) is 0.559. The van der Waals surface area contributed by atoms with E-state index in [-0.39, 0.29) is 18.6 Å². The van der Waals surface area contributed by atoms with Gasteiger partial charge in [0.25, 0.3) is 5.91 Å². The number of nitrogens with one attached hydrogen (secondary N) is 1. The van der Waals surface area contributed by atoms with E-state index in [1.807, 2.05) is 12.1 Å². The van der Waals surface area contributed by atoms with E-state index in [0.29, 0.717) is 21.9 Å². The number of halogens is 1. The standard InChI is InChI=1S/C16H13ClN4O3/c17-10-5-7-11(8-6-10)23-9-14(22)20-15(18)21-16-19-12-3-1-2-4-13(12)24-16/h1-8H,9H2,(H3,18,19,20,21,22). The fourth-order valence-corrected chi connectivity index (χ4v) is 2.02. The number of nitrogens with zero attached hydrogens (tertiary/aromatic N) is 2. The van der Waals surface area contributed by atoms with Gasteiger partial charge in [0.1, 0.15) is 11.3 Å². The number of benzene rings is 2. The van der Waals surface area contributed by atoms with Crippen LogP contribution < -0.4 is 15.8 Å². The first kappa shape index (κ1) is 15.8. The molecule has 3 N–H and O–H groups in total. The van der Waals surface area contributed by atoms with Gasteiger partial charge in [0.15, 0.2) is 12.2 Å². The predicted octanol–water partition coefficient (Wildman–Crippen LogP) is 2.62. The summed E-state index contributed by atoms with van der Waals surface area (Å²) in [5.74, 6) is -0.0717. The summed E-state index contributed by atoms with van der Waals surface area (Å²) in [5.41, 5.74) is 6.90. The molecule has 0 atom stereocenters. The molecule has 3 rings (SSSR count). The number of rotatable bonds is 4. The highest BCUT2D eigenvalue weighted by molar-refractivity contribution is 6.30. The summed E-state index contributed by atoms with van der Waals surface area (Å²) in [7, 11) is 0. The number of amides is 1. The molecule has 0 saturated carbocycles. The molecule has 2 aromatic carbocycles. The van der Waals surface area contributed by atoms with Gasteiger partial charge in [-0.3, -0.25) is 10.1 Å². The lowest BCUT2D eigenvalue weighted by molar-refractivity contribution is -0.121. The Morgan fingerprint density at radius 3 is 2.75 bits per heavy atom. The largest absolute Gasteiger partial charge is 0.484 e. The van der Waals surface area contributed by atoms with E-state index in [1.54, 1.807) is 36.4 Å². The fourth-order valence-electron chi connectivity index (χ4n) is 1.90. The maximum Gasteiger partial charge on any atom is 0.325 e. The molecule has 3 aromatic rings. The van der Waals surface area contributed by atoms with Gasteiger partial charge in [-0.05, 0) is 36.4 Å². The summed E-state index contributed by atoms with van der Waals surface area (Å²) in [6.07, 6.45) is 0. The van der Waals surface area contributed by atoms with Gasteiger partial charge < -0.3 is 14.9 Å². The van der Waals surface area contributed by atoms with Gasteiger partial charge in [-0.1, -0.05) is 23.7 Å². The van der Waals surface area contributed by atoms with Gasteiger partial charge in [0.05, 0.1) is 0 Å². The fraction of sp³-hybridized carbons (Fsp3) is 0.0625. The average Bonchev–Trinajstić information content (AvgIpc) is 2.96. The van der Waals surface area contributed by atoms with E-state index in [1.165, 1.54) is 0 Å². The zero-order chi connectivity index (χ0) is 16.9. The van der Waals surface area contributed by atoms with Crippen molar-refractivity contribution in [1.82, 2.24) is 10.3 Å². The van der Waals surface area contributed by atoms with Crippen molar-refractivity contribution in [2.75, 3.05) is 6.61 Å². The number of fused-ring (bicyclic) bond motifs is 1. The molecule has 122 valence electrons. The molecule has 0 spiro atoms. The maximum absolute atomic E-state index is 11.8. The number of nitrogens with two attached hydrogens (primary N) is 1. The van der Waals surface area contributed by atoms with Gasteiger partial charge in [-0.2, -0.15) is 9.98 Å². The average molecular weight is 345 g/mol. The molecule has 1 aromatic heterocycles. The summed E-state index contributed by atoms with van der Waals surface area (Å²) in [4.78, 5) is 19.8. The number of carbonyl (C=O) groups excluding carboxylic acids is 1. The maximum atomic E-state index is 11.8. The van der Waals surface area contributed by atoms with Crippen molar-refractivity contribution in [3.05, 3.63) is 53.6 Å². The van der Waals surface area contributed by atoms with Crippen LogP contribution >= 0.6 is 11.6 Å². The smallest absolute Gasteiger partial charge is 0.325 e. The predicted molar refractivity (Wildman–Crippen MR) is 90.4 cm³/mol. The molecule has 0 aliphatic heterocycles. The van der Waals surface area contributed by atoms with Crippen molar-refractivity contribution < 1.29 is 13.9 Å². The van der Waals surface area contributed by atoms with Crippen LogP contribution in [0.1, 0.15) is 0 Å². The van der Waals surface area contributed by atoms with Crippen LogP contribution in [0, 0.1) is 0 Å². The number of guanidine groups is 1. The Balaban J connectivity index is 1.57. The Labute approximate surface area is 142 Å². The van der Waals surface area contributed by atoms with Gasteiger partial charge in [0.2, 0.25) is 5.96 Å². The zero-order valence-electron chi connectivity index (χ0n) is 12.4. The number of aromatic nitrogens is 1. The highest BCUT2D eigenvalue weighted by Crippen LogP contribution is 2.20. The Hall–Kier alpha value is -3.06. The van der Waals surface area contributed by atoms with Crippen LogP contribution in [0.15, 0.2) is 57.9 Å². The summed E-state index contributed by atoms with van der Waals surface area (Å²) in [5, 5.41) is 2.98. The topological polar surface area (TPSA) is 103 Å². The number of aliphatic imine (C=N–C) groups is 1. The van der Waals surface area contributed by atoms with E-state index in [0.717, 1.165) is 0 Å². The minimum atomic E-state index is -0.456. The van der Waals surface area contributed by atoms with E-state index in [4.69, 9.17) is 26.5 Å². The summed E-state index contributed by atoms with van der Waals surface area (Å²) < 4.78 is 10.7. The van der Waals surface area contributed by atoms with Crippen molar-refractivity contribution in [2.24, 2.45) is 10.7 Å². The van der Waals surface area contributed by atoms with Crippen LogP contribution in [-0.4, -0.2) is 23.5 Å². The Morgan fingerprint density at radius 1 is 1.25 bits per heavy atom. The van der Waals surface area contributed by atoms with Gasteiger partial charge >= 0.3 is 6.01 Å². The molecule has 0 unspecified atom stereocenters. The Kier molecular flexibility index (Phi) is 4.62. The number of oxazole rings is 1. The number of hydrogen-bond donors (Lipinski definition) is 2. The third-order valence-electron chi connectivity index (χ3n) is 2.95. The second-order valence-electron chi connectivity index (χ2n) is 4.75. The molecular weight excluding hydrogens is 332 g/mol. The van der Waals surface area contributed by atoms with Crippen LogP contribution in [0.25, 0.3) is 11.1 Å². The third kappa shape index (κ3) is 4.02. The first-order chi connectivity index (χ1) is 11.6. The second kappa shape index (κ2) is 7.01. The molecule has 0 aliphatic carbocycles. The molecule has 0 saturated heterocycles. The van der Waals surface area contributed by atoms with Crippen molar-refractivity contribution in [1.29, 1.82) is 0 Å². The van der Waals surface area contributed by atoms with E-state index >= 15 is 0 Å². The molecule has 0 fully saturated rings. The number of para-hydroxylation sites is 2. The van der Waals surface area contributed by atoms with Crippen LogP contribution in [0.2, 0.25) is 5.02 Å². The molecule has 7 nitrogen and oxygen atoms in total. The van der Waals surface area contributed by atoms with Crippen LogP contribution in [-0.2, 0) is 4.79 Å². The lowest BCUT2D eigenvalue weighted by atomic mass is 10.3. The van der Waals surface area contributed by atoms with Crippen LogP contribution in [0.5, 0.6) is 5.75 Å². The minimum absolute atomic E-state index is 0.0626. The number of ether oxygens (including phenoxy) is 1. The Morgan fingerprint density at radius 2 is 2.00 bits per heavy atom.